The Hall–Kier alpha value is -2.56. The first-order valence-corrected chi connectivity index (χ1v) is 5.38. The van der Waals surface area contributed by atoms with E-state index in [-0.39, 0.29) is 5.70 Å². The molecule has 5 nitrogen and oxygen atoms in total. The van der Waals surface area contributed by atoms with E-state index in [2.05, 4.69) is 22.4 Å². The Morgan fingerprint density at radius 2 is 2.11 bits per heavy atom. The van der Waals surface area contributed by atoms with Crippen molar-refractivity contribution in [2.45, 2.75) is 6.92 Å². The number of hydrogen-bond donors (Lipinski definition) is 3. The Morgan fingerprint density at radius 3 is 2.83 bits per heavy atom. The third-order valence-electron chi connectivity index (χ3n) is 2.45. The second kappa shape index (κ2) is 4.75. The molecule has 0 bridgehead atoms. The number of carboxylic acid groups (broad SMARTS) is 1. The van der Waals surface area contributed by atoms with Gasteiger partial charge in [0.05, 0.1) is 11.2 Å². The zero-order chi connectivity index (χ0) is 13.1. The van der Waals surface area contributed by atoms with Crippen LogP contribution in [0.15, 0.2) is 42.6 Å². The molecule has 0 aliphatic heterocycles. The van der Waals surface area contributed by atoms with Crippen molar-refractivity contribution in [1.29, 1.82) is 0 Å². The average Bonchev–Trinajstić information content (AvgIpc) is 2.35. The van der Waals surface area contributed by atoms with Crippen LogP contribution >= 0.6 is 0 Å². The molecule has 0 unspecified atom stereocenters. The molecule has 1 aromatic heterocycles. The minimum atomic E-state index is -1.10. The first kappa shape index (κ1) is 11.9. The third kappa shape index (κ3) is 2.40. The van der Waals surface area contributed by atoms with Crippen LogP contribution in [0.25, 0.3) is 10.9 Å². The lowest BCUT2D eigenvalue weighted by Crippen LogP contribution is -2.25. The van der Waals surface area contributed by atoms with Crippen molar-refractivity contribution in [3.05, 3.63) is 48.3 Å². The standard InChI is InChI=1S/C13H13N3O2/c1-8-7-12(16-15-9(2)13(17)18)10-5-3-4-6-11(10)14-8/h3-7,15H,2H2,1H3,(H,14,16)(H,17,18). The van der Waals surface area contributed by atoms with Gasteiger partial charge in [-0.3, -0.25) is 15.8 Å². The van der Waals surface area contributed by atoms with Crippen molar-refractivity contribution in [3.8, 4) is 0 Å². The summed E-state index contributed by atoms with van der Waals surface area (Å²) in [5.41, 5.74) is 7.73. The minimum absolute atomic E-state index is 0.117. The Labute approximate surface area is 104 Å². The number of rotatable bonds is 4. The summed E-state index contributed by atoms with van der Waals surface area (Å²) in [4.78, 5) is 15.0. The fourth-order valence-corrected chi connectivity index (χ4v) is 1.61. The predicted molar refractivity (Wildman–Crippen MR) is 70.0 cm³/mol. The largest absolute Gasteiger partial charge is 0.477 e. The zero-order valence-electron chi connectivity index (χ0n) is 9.90. The van der Waals surface area contributed by atoms with Gasteiger partial charge in [-0.25, -0.2) is 4.79 Å². The summed E-state index contributed by atoms with van der Waals surface area (Å²) in [6.45, 7) is 5.26. The average molecular weight is 243 g/mol. The molecule has 0 aliphatic rings. The molecule has 18 heavy (non-hydrogen) atoms. The molecule has 0 atom stereocenters. The van der Waals surface area contributed by atoms with E-state index >= 15 is 0 Å². The number of carboxylic acids is 1. The van der Waals surface area contributed by atoms with E-state index in [9.17, 15) is 4.79 Å². The van der Waals surface area contributed by atoms with Gasteiger partial charge in [-0.1, -0.05) is 24.8 Å². The molecule has 1 heterocycles. The first-order valence-electron chi connectivity index (χ1n) is 5.38. The van der Waals surface area contributed by atoms with E-state index in [4.69, 9.17) is 5.11 Å². The molecule has 5 heteroatoms. The Balaban J connectivity index is 2.32. The summed E-state index contributed by atoms with van der Waals surface area (Å²) in [6, 6.07) is 9.46. The van der Waals surface area contributed by atoms with E-state index in [1.807, 2.05) is 37.3 Å². The van der Waals surface area contributed by atoms with Gasteiger partial charge in [0.25, 0.3) is 0 Å². The van der Waals surface area contributed by atoms with E-state index in [0.29, 0.717) is 0 Å². The van der Waals surface area contributed by atoms with Crippen LogP contribution < -0.4 is 10.9 Å². The van der Waals surface area contributed by atoms with Gasteiger partial charge in [-0.2, -0.15) is 0 Å². The van der Waals surface area contributed by atoms with Gasteiger partial charge in [0.15, 0.2) is 0 Å². The number of benzene rings is 1. The quantitative estimate of drug-likeness (QED) is 0.566. The lowest BCUT2D eigenvalue weighted by molar-refractivity contribution is -0.133. The van der Waals surface area contributed by atoms with Gasteiger partial charge in [-0.15, -0.1) is 0 Å². The number of para-hydroxylation sites is 1. The summed E-state index contributed by atoms with van der Waals surface area (Å²) in [5.74, 6) is -1.10. The molecule has 0 spiro atoms. The highest BCUT2D eigenvalue weighted by Gasteiger charge is 2.05. The molecule has 1 aromatic carbocycles. The summed E-state index contributed by atoms with van der Waals surface area (Å²) < 4.78 is 0. The van der Waals surface area contributed by atoms with Crippen LogP contribution in [0.5, 0.6) is 0 Å². The van der Waals surface area contributed by atoms with Crippen molar-refractivity contribution >= 4 is 22.6 Å². The van der Waals surface area contributed by atoms with Crippen LogP contribution in [0, 0.1) is 6.92 Å². The number of hydrogen-bond acceptors (Lipinski definition) is 4. The fraction of sp³-hybridized carbons (Fsp3) is 0.0769. The van der Waals surface area contributed by atoms with Crippen molar-refractivity contribution in [2.24, 2.45) is 0 Å². The lowest BCUT2D eigenvalue weighted by atomic mass is 10.1. The highest BCUT2D eigenvalue weighted by molar-refractivity contribution is 5.92. The molecule has 2 rings (SSSR count). The summed E-state index contributed by atoms with van der Waals surface area (Å²) in [7, 11) is 0. The molecule has 0 saturated heterocycles. The van der Waals surface area contributed by atoms with Crippen LogP contribution in [-0.4, -0.2) is 16.1 Å². The highest BCUT2D eigenvalue weighted by atomic mass is 16.4. The summed E-state index contributed by atoms with van der Waals surface area (Å²) >= 11 is 0. The number of nitrogens with zero attached hydrogens (tertiary/aromatic N) is 1. The summed E-state index contributed by atoms with van der Waals surface area (Å²) in [6.07, 6.45) is 0. The first-order chi connectivity index (χ1) is 8.58. The second-order valence-electron chi connectivity index (χ2n) is 3.86. The number of pyridine rings is 1. The van der Waals surface area contributed by atoms with Crippen molar-refractivity contribution in [2.75, 3.05) is 5.43 Å². The van der Waals surface area contributed by atoms with Gasteiger partial charge in [0.1, 0.15) is 5.70 Å². The third-order valence-corrected chi connectivity index (χ3v) is 2.45. The number of aromatic nitrogens is 1. The fourth-order valence-electron chi connectivity index (χ4n) is 1.61. The number of carbonyl (C=O) groups is 1. The maximum Gasteiger partial charge on any atom is 0.353 e. The van der Waals surface area contributed by atoms with Gasteiger partial charge in [-0.05, 0) is 19.1 Å². The topological polar surface area (TPSA) is 74.2 Å². The highest BCUT2D eigenvalue weighted by Crippen LogP contribution is 2.22. The molecule has 0 saturated carbocycles. The number of aliphatic carboxylic acids is 1. The minimum Gasteiger partial charge on any atom is -0.477 e. The van der Waals surface area contributed by atoms with E-state index in [0.717, 1.165) is 22.3 Å². The predicted octanol–water partition coefficient (Wildman–Crippen LogP) is 2.06. The lowest BCUT2D eigenvalue weighted by Gasteiger charge is -2.12. The van der Waals surface area contributed by atoms with Crippen molar-refractivity contribution < 1.29 is 9.90 Å². The monoisotopic (exact) mass is 243 g/mol. The molecule has 92 valence electrons. The zero-order valence-corrected chi connectivity index (χ0v) is 9.90. The Bertz CT molecular complexity index is 623. The Kier molecular flexibility index (Phi) is 3.14. The molecule has 0 radical (unpaired) electrons. The number of aryl methyl sites for hydroxylation is 1. The molecular weight excluding hydrogens is 230 g/mol. The molecule has 0 aliphatic carbocycles. The SMILES string of the molecule is C=C(NNc1cc(C)nc2ccccc12)C(=O)O. The van der Waals surface area contributed by atoms with Crippen LogP contribution in [-0.2, 0) is 4.79 Å². The summed E-state index contributed by atoms with van der Waals surface area (Å²) in [5, 5.41) is 9.62. The van der Waals surface area contributed by atoms with Gasteiger partial charge in [0.2, 0.25) is 0 Å². The van der Waals surface area contributed by atoms with Crippen molar-refractivity contribution in [1.82, 2.24) is 10.4 Å². The normalized spacial score (nSPS) is 10.1. The molecular formula is C13H13N3O2. The number of nitrogens with one attached hydrogen (secondary N) is 2. The van der Waals surface area contributed by atoms with E-state index in [1.165, 1.54) is 0 Å². The van der Waals surface area contributed by atoms with Gasteiger partial charge < -0.3 is 5.11 Å². The number of anilines is 1. The molecule has 0 fully saturated rings. The van der Waals surface area contributed by atoms with Gasteiger partial charge >= 0.3 is 5.97 Å². The van der Waals surface area contributed by atoms with Crippen molar-refractivity contribution in [3.63, 3.8) is 0 Å². The second-order valence-corrected chi connectivity index (χ2v) is 3.86. The molecule has 0 amide bonds. The van der Waals surface area contributed by atoms with Crippen LogP contribution in [0.4, 0.5) is 5.69 Å². The molecule has 3 N–H and O–H groups in total. The number of hydrazine groups is 1. The maximum atomic E-state index is 10.6. The number of fused-ring (bicyclic) bond motifs is 1. The van der Waals surface area contributed by atoms with Gasteiger partial charge in [0, 0.05) is 11.1 Å². The molecule has 2 aromatic rings. The van der Waals surface area contributed by atoms with E-state index in [1.54, 1.807) is 0 Å². The maximum absolute atomic E-state index is 10.6. The van der Waals surface area contributed by atoms with Crippen LogP contribution in [0.3, 0.4) is 0 Å². The smallest absolute Gasteiger partial charge is 0.353 e. The van der Waals surface area contributed by atoms with Crippen LogP contribution in [0.1, 0.15) is 5.69 Å². The van der Waals surface area contributed by atoms with E-state index < -0.39 is 5.97 Å². The Morgan fingerprint density at radius 1 is 1.39 bits per heavy atom. The van der Waals surface area contributed by atoms with Crippen LogP contribution in [0.2, 0.25) is 0 Å².